The Balaban J connectivity index is 3.01. The molecule has 1 aromatic rings. The first kappa shape index (κ1) is 15.4. The second-order valence-corrected chi connectivity index (χ2v) is 4.87. The summed E-state index contributed by atoms with van der Waals surface area (Å²) in [5.74, 6) is -2.33. The third kappa shape index (κ3) is 4.48. The number of nitrogens with zero attached hydrogens (tertiary/aromatic N) is 1. The molecule has 102 valence electrons. The van der Waals surface area contributed by atoms with Crippen molar-refractivity contribution in [2.75, 3.05) is 7.11 Å². The van der Waals surface area contributed by atoms with Gasteiger partial charge < -0.3 is 9.94 Å². The van der Waals surface area contributed by atoms with Gasteiger partial charge in [-0.2, -0.15) is 0 Å². The van der Waals surface area contributed by atoms with Crippen molar-refractivity contribution in [2.45, 2.75) is 13.3 Å². The van der Waals surface area contributed by atoms with E-state index in [0.29, 0.717) is 0 Å². The number of carbonyl (C=O) groups is 2. The fraction of sp³-hybridized carbons (Fsp3) is 0.308. The zero-order chi connectivity index (χ0) is 14.4. The molecule has 1 unspecified atom stereocenters. The number of carboxylic acids is 1. The second kappa shape index (κ2) is 7.04. The van der Waals surface area contributed by atoms with Gasteiger partial charge in [0.25, 0.3) is 0 Å². The Bertz CT molecular complexity index is 496. The Morgan fingerprint density at radius 3 is 2.37 bits per heavy atom. The van der Waals surface area contributed by atoms with E-state index in [9.17, 15) is 9.59 Å². The van der Waals surface area contributed by atoms with Gasteiger partial charge in [-0.1, -0.05) is 33.2 Å². The highest BCUT2D eigenvalue weighted by Gasteiger charge is 2.27. The summed E-state index contributed by atoms with van der Waals surface area (Å²) < 4.78 is 0.916. The lowest BCUT2D eigenvalue weighted by atomic mass is 9.91. The molecular formula is C13H14BrNO4. The first-order valence-electron chi connectivity index (χ1n) is 5.55. The number of rotatable bonds is 6. The Labute approximate surface area is 119 Å². The van der Waals surface area contributed by atoms with Gasteiger partial charge in [0.05, 0.1) is 5.92 Å². The van der Waals surface area contributed by atoms with Crippen molar-refractivity contribution in [1.29, 1.82) is 0 Å². The van der Waals surface area contributed by atoms with Crippen molar-refractivity contribution in [3.05, 3.63) is 34.3 Å². The molecule has 0 aliphatic carbocycles. The highest BCUT2D eigenvalue weighted by atomic mass is 79.9. The molecule has 5 nitrogen and oxygen atoms in total. The summed E-state index contributed by atoms with van der Waals surface area (Å²) in [6.07, 6.45) is 0.275. The third-order valence-corrected chi connectivity index (χ3v) is 3.11. The summed E-state index contributed by atoms with van der Waals surface area (Å²) in [6.45, 7) is 1.34. The average molecular weight is 328 g/mol. The summed E-state index contributed by atoms with van der Waals surface area (Å²) in [7, 11) is 1.25. The normalized spacial score (nSPS) is 12.9. The topological polar surface area (TPSA) is 76.0 Å². The molecule has 0 spiro atoms. The maximum absolute atomic E-state index is 11.6. The van der Waals surface area contributed by atoms with Crippen LogP contribution in [0.5, 0.6) is 0 Å². The van der Waals surface area contributed by atoms with E-state index in [2.05, 4.69) is 25.9 Å². The van der Waals surface area contributed by atoms with Crippen LogP contribution in [0.1, 0.15) is 12.5 Å². The van der Waals surface area contributed by atoms with Gasteiger partial charge in [0.1, 0.15) is 12.9 Å². The third-order valence-electron chi connectivity index (χ3n) is 2.58. The Kier molecular flexibility index (Phi) is 5.69. The molecular weight excluding hydrogens is 314 g/mol. The Morgan fingerprint density at radius 1 is 1.37 bits per heavy atom. The van der Waals surface area contributed by atoms with E-state index in [4.69, 9.17) is 5.11 Å². The molecule has 6 heteroatoms. The SMILES string of the molecule is CO/N=C(\C(=O)O)C(Cc1ccc(Br)cc1)C(C)=O. The lowest BCUT2D eigenvalue weighted by molar-refractivity contribution is -0.131. The van der Waals surface area contributed by atoms with Crippen LogP contribution < -0.4 is 0 Å². The van der Waals surface area contributed by atoms with Crippen molar-refractivity contribution >= 4 is 33.4 Å². The van der Waals surface area contributed by atoms with Gasteiger partial charge in [0.15, 0.2) is 5.71 Å². The van der Waals surface area contributed by atoms with E-state index in [-0.39, 0.29) is 17.9 Å². The molecule has 1 N–H and O–H groups in total. The summed E-state index contributed by atoms with van der Waals surface area (Å²) in [4.78, 5) is 27.2. The summed E-state index contributed by atoms with van der Waals surface area (Å²) in [6, 6.07) is 7.32. The van der Waals surface area contributed by atoms with E-state index in [1.54, 1.807) is 0 Å². The van der Waals surface area contributed by atoms with Crippen LogP contribution in [-0.2, 0) is 20.8 Å². The molecule has 1 atom stereocenters. The average Bonchev–Trinajstić information content (AvgIpc) is 2.35. The predicted molar refractivity (Wildman–Crippen MR) is 74.1 cm³/mol. The molecule has 1 aromatic carbocycles. The number of carboxylic acid groups (broad SMARTS) is 1. The van der Waals surface area contributed by atoms with Crippen LogP contribution in [0.25, 0.3) is 0 Å². The van der Waals surface area contributed by atoms with E-state index >= 15 is 0 Å². The van der Waals surface area contributed by atoms with Crippen LogP contribution in [-0.4, -0.2) is 29.7 Å². The van der Waals surface area contributed by atoms with Gasteiger partial charge in [-0.25, -0.2) is 4.79 Å². The fourth-order valence-corrected chi connectivity index (χ4v) is 1.90. The van der Waals surface area contributed by atoms with Crippen LogP contribution in [0.15, 0.2) is 33.9 Å². The molecule has 1 rings (SSSR count). The number of aliphatic carboxylic acids is 1. The van der Waals surface area contributed by atoms with Gasteiger partial charge in [0, 0.05) is 4.47 Å². The molecule has 0 aliphatic rings. The predicted octanol–water partition coefficient (Wildman–Crippen LogP) is 2.28. The van der Waals surface area contributed by atoms with Gasteiger partial charge >= 0.3 is 5.97 Å². The number of carbonyl (C=O) groups excluding carboxylic acids is 1. The number of Topliss-reactive ketones (excluding diaryl/α,β-unsaturated/α-hetero) is 1. The van der Waals surface area contributed by atoms with Crippen LogP contribution in [0.4, 0.5) is 0 Å². The van der Waals surface area contributed by atoms with Gasteiger partial charge in [-0.15, -0.1) is 0 Å². The van der Waals surface area contributed by atoms with E-state index in [1.165, 1.54) is 14.0 Å². The number of oxime groups is 1. The number of halogens is 1. The van der Waals surface area contributed by atoms with E-state index < -0.39 is 11.9 Å². The lowest BCUT2D eigenvalue weighted by Crippen LogP contribution is -2.31. The zero-order valence-electron chi connectivity index (χ0n) is 10.6. The van der Waals surface area contributed by atoms with Gasteiger partial charge in [0.2, 0.25) is 0 Å². The number of hydrogen-bond acceptors (Lipinski definition) is 4. The van der Waals surface area contributed by atoms with Crippen molar-refractivity contribution in [3.63, 3.8) is 0 Å². The molecule has 0 saturated carbocycles. The van der Waals surface area contributed by atoms with Gasteiger partial charge in [-0.3, -0.25) is 4.79 Å². The second-order valence-electron chi connectivity index (χ2n) is 3.96. The van der Waals surface area contributed by atoms with Crippen molar-refractivity contribution in [1.82, 2.24) is 0 Å². The van der Waals surface area contributed by atoms with E-state index in [1.807, 2.05) is 24.3 Å². The summed E-state index contributed by atoms with van der Waals surface area (Å²) >= 11 is 3.31. The Morgan fingerprint density at radius 2 is 1.95 bits per heavy atom. The number of benzene rings is 1. The highest BCUT2D eigenvalue weighted by molar-refractivity contribution is 9.10. The molecule has 0 heterocycles. The van der Waals surface area contributed by atoms with Crippen LogP contribution >= 0.6 is 15.9 Å². The summed E-state index contributed by atoms with van der Waals surface area (Å²) in [5, 5.41) is 12.5. The molecule has 0 amide bonds. The molecule has 19 heavy (non-hydrogen) atoms. The van der Waals surface area contributed by atoms with Crippen LogP contribution in [0, 0.1) is 5.92 Å². The first-order valence-corrected chi connectivity index (χ1v) is 6.34. The molecule has 0 fully saturated rings. The van der Waals surface area contributed by atoms with Crippen molar-refractivity contribution in [3.8, 4) is 0 Å². The largest absolute Gasteiger partial charge is 0.477 e. The van der Waals surface area contributed by atoms with Crippen molar-refractivity contribution in [2.24, 2.45) is 11.1 Å². The molecule has 0 saturated heterocycles. The quantitative estimate of drug-likeness (QED) is 0.642. The van der Waals surface area contributed by atoms with Crippen LogP contribution in [0.2, 0.25) is 0 Å². The maximum atomic E-state index is 11.6. The minimum absolute atomic E-state index is 0.263. The molecule has 0 aliphatic heterocycles. The lowest BCUT2D eigenvalue weighted by Gasteiger charge is -2.13. The fourth-order valence-electron chi connectivity index (χ4n) is 1.64. The maximum Gasteiger partial charge on any atom is 0.354 e. The summed E-state index contributed by atoms with van der Waals surface area (Å²) in [5.41, 5.74) is 0.575. The minimum Gasteiger partial charge on any atom is -0.477 e. The molecule has 0 radical (unpaired) electrons. The zero-order valence-corrected chi connectivity index (χ0v) is 12.2. The monoisotopic (exact) mass is 327 g/mol. The standard InChI is InChI=1S/C13H14BrNO4/c1-8(16)11(12(13(17)18)15-19-2)7-9-3-5-10(14)6-4-9/h3-6,11H,7H2,1-2H3,(H,17,18)/b15-12-. The van der Waals surface area contributed by atoms with Crippen LogP contribution in [0.3, 0.4) is 0 Å². The van der Waals surface area contributed by atoms with E-state index in [0.717, 1.165) is 10.0 Å². The van der Waals surface area contributed by atoms with Gasteiger partial charge in [-0.05, 0) is 31.0 Å². The van der Waals surface area contributed by atoms with Crippen molar-refractivity contribution < 1.29 is 19.5 Å². The smallest absolute Gasteiger partial charge is 0.354 e. The molecule has 0 aromatic heterocycles. The minimum atomic E-state index is -1.25. The number of ketones is 1. The Hall–Kier alpha value is -1.69. The number of hydrogen-bond donors (Lipinski definition) is 1. The molecule has 0 bridgehead atoms. The highest BCUT2D eigenvalue weighted by Crippen LogP contribution is 2.16. The first-order chi connectivity index (χ1) is 8.95.